The average Bonchev–Trinajstić information content (AvgIpc) is 2.69. The predicted octanol–water partition coefficient (Wildman–Crippen LogP) is 5.23. The Bertz CT molecular complexity index is 973. The molecule has 0 saturated heterocycles. The smallest absolute Gasteiger partial charge is 0.205 e. The summed E-state index contributed by atoms with van der Waals surface area (Å²) in [4.78, 5) is 12.1. The second-order valence-corrected chi connectivity index (χ2v) is 5.92. The zero-order valence-electron chi connectivity index (χ0n) is 14.4. The molecule has 0 atom stereocenters. The van der Waals surface area contributed by atoms with E-state index in [1.54, 1.807) is 12.4 Å². The highest BCUT2D eigenvalue weighted by Gasteiger charge is 1.98. The summed E-state index contributed by atoms with van der Waals surface area (Å²) in [6.07, 6.45) is 5.43. The van der Waals surface area contributed by atoms with Crippen LogP contribution in [-0.2, 0) is 6.42 Å². The van der Waals surface area contributed by atoms with E-state index in [-0.39, 0.29) is 0 Å². The number of thiocarbonyl (C=S) groups is 1. The van der Waals surface area contributed by atoms with Gasteiger partial charge in [-0.2, -0.15) is 4.99 Å². The summed E-state index contributed by atoms with van der Waals surface area (Å²) in [6.45, 7) is 2.20. The van der Waals surface area contributed by atoms with Crippen LogP contribution < -0.4 is 0 Å². The monoisotopic (exact) mass is 355 g/mol. The highest BCUT2D eigenvalue weighted by Crippen LogP contribution is 2.20. The van der Waals surface area contributed by atoms with E-state index in [1.165, 1.54) is 23.1 Å². The standard InChI is InChI=1S/C22H17N3S/c1-2-3-17-4-9-19(10-5-17)20-11-6-18(7-12-20)8-13-22-23-14-21(15-24-22)25-16-26/h4-7,9-12,14-15H,2-3H2,1H3. The molecule has 1 heterocycles. The van der Waals surface area contributed by atoms with Gasteiger partial charge in [-0.25, -0.2) is 9.97 Å². The normalized spacial score (nSPS) is 9.73. The zero-order valence-corrected chi connectivity index (χ0v) is 15.3. The highest BCUT2D eigenvalue weighted by atomic mass is 32.1. The number of hydrogen-bond acceptors (Lipinski definition) is 4. The lowest BCUT2D eigenvalue weighted by atomic mass is 10.0. The van der Waals surface area contributed by atoms with Crippen molar-refractivity contribution >= 4 is 23.1 Å². The van der Waals surface area contributed by atoms with Crippen LogP contribution >= 0.6 is 12.2 Å². The summed E-state index contributed by atoms with van der Waals surface area (Å²) in [5, 5.41) is 2.28. The van der Waals surface area contributed by atoms with Gasteiger partial charge in [0.2, 0.25) is 5.82 Å². The molecule has 4 heteroatoms. The van der Waals surface area contributed by atoms with E-state index >= 15 is 0 Å². The Morgan fingerprint density at radius 2 is 1.50 bits per heavy atom. The fourth-order valence-electron chi connectivity index (χ4n) is 2.52. The van der Waals surface area contributed by atoms with Gasteiger partial charge in [-0.15, -0.1) is 0 Å². The molecule has 3 rings (SSSR count). The van der Waals surface area contributed by atoms with Crippen molar-refractivity contribution in [3.8, 4) is 23.0 Å². The molecule has 0 spiro atoms. The highest BCUT2D eigenvalue weighted by molar-refractivity contribution is 7.78. The molecule has 0 amide bonds. The predicted molar refractivity (Wildman–Crippen MR) is 109 cm³/mol. The van der Waals surface area contributed by atoms with E-state index in [1.807, 2.05) is 12.1 Å². The van der Waals surface area contributed by atoms with Gasteiger partial charge in [0.05, 0.1) is 17.6 Å². The number of nitrogens with zero attached hydrogens (tertiary/aromatic N) is 3. The molecule has 0 saturated carbocycles. The Morgan fingerprint density at radius 3 is 2.08 bits per heavy atom. The maximum Gasteiger partial charge on any atom is 0.205 e. The van der Waals surface area contributed by atoms with Crippen LogP contribution in [0.2, 0.25) is 0 Å². The van der Waals surface area contributed by atoms with Crippen LogP contribution in [0.15, 0.2) is 65.9 Å². The number of hydrogen-bond donors (Lipinski definition) is 0. The van der Waals surface area contributed by atoms with Crippen molar-refractivity contribution in [1.82, 2.24) is 9.97 Å². The van der Waals surface area contributed by atoms with E-state index in [9.17, 15) is 0 Å². The molecule has 2 aromatic carbocycles. The van der Waals surface area contributed by atoms with Crippen LogP contribution in [0.25, 0.3) is 11.1 Å². The number of isothiocyanates is 1. The third-order valence-electron chi connectivity index (χ3n) is 3.84. The number of benzene rings is 2. The molecule has 0 unspecified atom stereocenters. The summed E-state index contributed by atoms with van der Waals surface area (Å²) in [5.41, 5.74) is 5.25. The summed E-state index contributed by atoms with van der Waals surface area (Å²) in [7, 11) is 0. The van der Waals surface area contributed by atoms with Gasteiger partial charge in [0, 0.05) is 5.56 Å². The molecular formula is C22H17N3S. The second kappa shape index (κ2) is 8.82. The molecule has 0 aliphatic rings. The Morgan fingerprint density at radius 1 is 0.885 bits per heavy atom. The van der Waals surface area contributed by atoms with E-state index in [2.05, 4.69) is 87.5 Å². The van der Waals surface area contributed by atoms with Crippen LogP contribution in [0.3, 0.4) is 0 Å². The van der Waals surface area contributed by atoms with Crippen molar-refractivity contribution in [2.24, 2.45) is 4.99 Å². The van der Waals surface area contributed by atoms with Gasteiger partial charge in [-0.3, -0.25) is 0 Å². The Kier molecular flexibility index (Phi) is 6.01. The van der Waals surface area contributed by atoms with Crippen molar-refractivity contribution in [3.63, 3.8) is 0 Å². The van der Waals surface area contributed by atoms with Gasteiger partial charge >= 0.3 is 0 Å². The molecular weight excluding hydrogens is 338 g/mol. The van der Waals surface area contributed by atoms with Gasteiger partial charge < -0.3 is 0 Å². The first kappa shape index (κ1) is 17.7. The molecule has 0 aliphatic heterocycles. The minimum absolute atomic E-state index is 0.448. The molecule has 0 radical (unpaired) electrons. The summed E-state index contributed by atoms with van der Waals surface area (Å²) in [6, 6.07) is 16.9. The number of aryl methyl sites for hydroxylation is 1. The molecule has 0 aliphatic carbocycles. The number of aliphatic imine (C=N–C) groups is 1. The average molecular weight is 355 g/mol. The summed E-state index contributed by atoms with van der Waals surface area (Å²) in [5.74, 6) is 6.47. The maximum absolute atomic E-state index is 4.55. The first-order chi connectivity index (χ1) is 12.8. The van der Waals surface area contributed by atoms with Gasteiger partial charge in [-0.05, 0) is 53.4 Å². The van der Waals surface area contributed by atoms with E-state index in [0.717, 1.165) is 12.0 Å². The molecule has 0 fully saturated rings. The van der Waals surface area contributed by atoms with E-state index in [4.69, 9.17) is 0 Å². The Balaban J connectivity index is 1.72. The fourth-order valence-corrected chi connectivity index (χ4v) is 2.63. The lowest BCUT2D eigenvalue weighted by Crippen LogP contribution is -1.86. The van der Waals surface area contributed by atoms with Crippen molar-refractivity contribution in [3.05, 3.63) is 77.9 Å². The maximum atomic E-state index is 4.55. The topological polar surface area (TPSA) is 38.1 Å². The van der Waals surface area contributed by atoms with Gasteiger partial charge in [0.15, 0.2) is 0 Å². The number of aromatic nitrogens is 2. The van der Waals surface area contributed by atoms with Gasteiger partial charge in [-0.1, -0.05) is 55.7 Å². The second-order valence-electron chi connectivity index (χ2n) is 5.74. The van der Waals surface area contributed by atoms with Crippen molar-refractivity contribution in [1.29, 1.82) is 0 Å². The van der Waals surface area contributed by atoms with Crippen LogP contribution in [0.4, 0.5) is 5.69 Å². The first-order valence-corrected chi connectivity index (χ1v) is 8.80. The molecule has 26 heavy (non-hydrogen) atoms. The number of rotatable bonds is 4. The third-order valence-corrected chi connectivity index (χ3v) is 3.93. The molecule has 0 bridgehead atoms. The fraction of sp³-hybridized carbons (Fsp3) is 0.136. The van der Waals surface area contributed by atoms with Gasteiger partial charge in [0.25, 0.3) is 0 Å². The van der Waals surface area contributed by atoms with Crippen LogP contribution in [0, 0.1) is 11.8 Å². The molecule has 3 aromatic rings. The molecule has 126 valence electrons. The molecule has 1 aromatic heterocycles. The first-order valence-electron chi connectivity index (χ1n) is 8.40. The van der Waals surface area contributed by atoms with Crippen molar-refractivity contribution < 1.29 is 0 Å². The minimum Gasteiger partial charge on any atom is -0.227 e. The lowest BCUT2D eigenvalue weighted by molar-refractivity contribution is 0.922. The third kappa shape index (κ3) is 4.70. The molecule has 0 N–H and O–H groups in total. The Labute approximate surface area is 158 Å². The Hall–Kier alpha value is -3.12. The van der Waals surface area contributed by atoms with Crippen molar-refractivity contribution in [2.45, 2.75) is 19.8 Å². The van der Waals surface area contributed by atoms with E-state index < -0.39 is 0 Å². The summed E-state index contributed by atoms with van der Waals surface area (Å²) < 4.78 is 0. The molecule has 3 nitrogen and oxygen atoms in total. The van der Waals surface area contributed by atoms with Crippen molar-refractivity contribution in [2.75, 3.05) is 0 Å². The zero-order chi connectivity index (χ0) is 18.2. The largest absolute Gasteiger partial charge is 0.227 e. The van der Waals surface area contributed by atoms with Crippen LogP contribution in [0.5, 0.6) is 0 Å². The van der Waals surface area contributed by atoms with Crippen LogP contribution in [-0.4, -0.2) is 15.1 Å². The van der Waals surface area contributed by atoms with Crippen LogP contribution in [0.1, 0.15) is 30.3 Å². The minimum atomic E-state index is 0.448. The summed E-state index contributed by atoms with van der Waals surface area (Å²) >= 11 is 4.55. The SMILES string of the molecule is CCCc1ccc(-c2ccc(C#Cc3ncc(N=C=S)cn3)cc2)cc1. The lowest BCUT2D eigenvalue weighted by Gasteiger charge is -2.04. The quantitative estimate of drug-likeness (QED) is 0.365. The van der Waals surface area contributed by atoms with Gasteiger partial charge in [0.1, 0.15) is 5.69 Å². The van der Waals surface area contributed by atoms with E-state index in [0.29, 0.717) is 11.5 Å².